The van der Waals surface area contributed by atoms with Crippen LogP contribution in [0.3, 0.4) is 0 Å². The van der Waals surface area contributed by atoms with Crippen LogP contribution in [0, 0.1) is 5.82 Å². The molecule has 1 amide bonds. The molecule has 0 atom stereocenters. The lowest BCUT2D eigenvalue weighted by molar-refractivity contribution is -0.115. The molecule has 0 fully saturated rings. The lowest BCUT2D eigenvalue weighted by Gasteiger charge is -2.07. The second-order valence-corrected chi connectivity index (χ2v) is 3.35. The molecule has 0 aliphatic carbocycles. The average Bonchev–Trinajstić information content (AvgIpc) is 2.28. The Morgan fingerprint density at radius 3 is 2.94 bits per heavy atom. The van der Waals surface area contributed by atoms with Crippen LogP contribution in [0.25, 0.3) is 0 Å². The van der Waals surface area contributed by atoms with Crippen LogP contribution in [-0.4, -0.2) is 26.1 Å². The summed E-state index contributed by atoms with van der Waals surface area (Å²) in [6, 6.07) is 4.02. The van der Waals surface area contributed by atoms with Crippen molar-refractivity contribution in [3.05, 3.63) is 36.7 Å². The van der Waals surface area contributed by atoms with Crippen molar-refractivity contribution in [3.8, 4) is 5.75 Å². The van der Waals surface area contributed by atoms with Gasteiger partial charge in [0.25, 0.3) is 0 Å². The van der Waals surface area contributed by atoms with Crippen molar-refractivity contribution in [2.45, 2.75) is 0 Å². The van der Waals surface area contributed by atoms with Crippen molar-refractivity contribution in [2.24, 2.45) is 0 Å². The van der Waals surface area contributed by atoms with Crippen molar-refractivity contribution in [1.29, 1.82) is 0 Å². The van der Waals surface area contributed by atoms with Gasteiger partial charge in [-0.1, -0.05) is 6.08 Å². The molecule has 92 valence electrons. The van der Waals surface area contributed by atoms with E-state index in [9.17, 15) is 9.18 Å². The first-order valence-corrected chi connectivity index (χ1v) is 5.11. The van der Waals surface area contributed by atoms with E-state index in [1.807, 2.05) is 0 Å². The van der Waals surface area contributed by atoms with Crippen molar-refractivity contribution < 1.29 is 13.9 Å². The van der Waals surface area contributed by atoms with Gasteiger partial charge in [-0.25, -0.2) is 4.39 Å². The van der Waals surface area contributed by atoms with E-state index in [-0.39, 0.29) is 12.5 Å². The zero-order chi connectivity index (χ0) is 12.7. The summed E-state index contributed by atoms with van der Waals surface area (Å²) in [5.41, 5.74) is 0.368. The maximum Gasteiger partial charge on any atom is 0.238 e. The van der Waals surface area contributed by atoms with Gasteiger partial charge >= 0.3 is 0 Å². The Hall–Kier alpha value is -1.88. The highest BCUT2D eigenvalue weighted by Gasteiger charge is 2.04. The van der Waals surface area contributed by atoms with Crippen molar-refractivity contribution in [1.82, 2.24) is 5.32 Å². The number of hydrogen-bond donors (Lipinski definition) is 2. The molecule has 17 heavy (non-hydrogen) atoms. The summed E-state index contributed by atoms with van der Waals surface area (Å²) in [6.07, 6.45) is 1.65. The first kappa shape index (κ1) is 13.2. The van der Waals surface area contributed by atoms with Crippen LogP contribution in [0.4, 0.5) is 10.1 Å². The third kappa shape index (κ3) is 4.65. The van der Waals surface area contributed by atoms with E-state index in [4.69, 9.17) is 4.74 Å². The van der Waals surface area contributed by atoms with Crippen LogP contribution < -0.4 is 15.4 Å². The minimum Gasteiger partial charge on any atom is -0.497 e. The Kier molecular flexibility index (Phi) is 5.16. The molecule has 2 N–H and O–H groups in total. The van der Waals surface area contributed by atoms with Crippen LogP contribution in [0.2, 0.25) is 0 Å². The molecule has 1 aromatic carbocycles. The van der Waals surface area contributed by atoms with E-state index in [1.54, 1.807) is 12.1 Å². The molecule has 0 aromatic heterocycles. The molecule has 0 unspecified atom stereocenters. The molecule has 5 heteroatoms. The minimum atomic E-state index is -0.460. The minimum absolute atomic E-state index is 0.144. The quantitative estimate of drug-likeness (QED) is 0.584. The molecule has 0 saturated carbocycles. The van der Waals surface area contributed by atoms with Crippen LogP contribution in [0.15, 0.2) is 30.9 Å². The second-order valence-electron chi connectivity index (χ2n) is 3.35. The van der Waals surface area contributed by atoms with Gasteiger partial charge in [0.2, 0.25) is 5.91 Å². The number of rotatable bonds is 6. The predicted molar refractivity (Wildman–Crippen MR) is 64.6 cm³/mol. The van der Waals surface area contributed by atoms with E-state index in [2.05, 4.69) is 17.2 Å². The lowest BCUT2D eigenvalue weighted by atomic mass is 10.3. The number of amides is 1. The molecule has 0 spiro atoms. The van der Waals surface area contributed by atoms with Gasteiger partial charge in [0.05, 0.1) is 13.7 Å². The fourth-order valence-electron chi connectivity index (χ4n) is 1.25. The molecule has 0 heterocycles. The number of anilines is 1. The van der Waals surface area contributed by atoms with Crippen molar-refractivity contribution >= 4 is 11.6 Å². The Bertz CT molecular complexity index is 407. The van der Waals surface area contributed by atoms with Gasteiger partial charge in [0.15, 0.2) is 0 Å². The third-order valence-corrected chi connectivity index (χ3v) is 1.96. The summed E-state index contributed by atoms with van der Waals surface area (Å²) in [6.45, 7) is 4.20. The lowest BCUT2D eigenvalue weighted by Crippen LogP contribution is -2.28. The van der Waals surface area contributed by atoms with Crippen molar-refractivity contribution in [2.75, 3.05) is 25.5 Å². The van der Waals surface area contributed by atoms with Gasteiger partial charge in [0, 0.05) is 24.4 Å². The number of carbonyl (C=O) groups is 1. The summed E-state index contributed by atoms with van der Waals surface area (Å²) >= 11 is 0. The number of halogens is 1. The van der Waals surface area contributed by atoms with Gasteiger partial charge in [-0.15, -0.1) is 6.58 Å². The molecule has 4 nitrogen and oxygen atoms in total. The molecule has 1 aromatic rings. The summed E-state index contributed by atoms with van der Waals surface area (Å²) in [7, 11) is 1.44. The number of hydrogen-bond acceptors (Lipinski definition) is 3. The summed E-state index contributed by atoms with van der Waals surface area (Å²) < 4.78 is 18.0. The standard InChI is InChI=1S/C12H15FN2O2/c1-3-4-14-8-12(16)15-10-5-9(13)6-11(7-10)17-2/h3,5-7,14H,1,4,8H2,2H3,(H,15,16). The SMILES string of the molecule is C=CCNCC(=O)Nc1cc(F)cc(OC)c1. The van der Waals surface area contributed by atoms with Crippen molar-refractivity contribution in [3.63, 3.8) is 0 Å². The van der Waals surface area contributed by atoms with E-state index in [1.165, 1.54) is 19.2 Å². The monoisotopic (exact) mass is 238 g/mol. The zero-order valence-corrected chi connectivity index (χ0v) is 9.63. The first-order valence-electron chi connectivity index (χ1n) is 5.11. The normalized spacial score (nSPS) is 9.76. The summed E-state index contributed by atoms with van der Waals surface area (Å²) in [5.74, 6) is -0.349. The Morgan fingerprint density at radius 2 is 2.29 bits per heavy atom. The summed E-state index contributed by atoms with van der Waals surface area (Å²) in [5, 5.41) is 5.40. The highest BCUT2D eigenvalue weighted by Crippen LogP contribution is 2.19. The molecule has 0 aliphatic heterocycles. The number of nitrogens with one attached hydrogen (secondary N) is 2. The Labute approximate surface area is 99.5 Å². The second kappa shape index (κ2) is 6.65. The fourth-order valence-corrected chi connectivity index (χ4v) is 1.25. The van der Waals surface area contributed by atoms with Crippen LogP contribution in [0.1, 0.15) is 0 Å². The highest BCUT2D eigenvalue weighted by atomic mass is 19.1. The molecule has 0 radical (unpaired) electrons. The van der Waals surface area contributed by atoms with Gasteiger partial charge < -0.3 is 15.4 Å². The number of benzene rings is 1. The first-order chi connectivity index (χ1) is 8.15. The molecule has 0 saturated heterocycles. The fraction of sp³-hybridized carbons (Fsp3) is 0.250. The van der Waals surface area contributed by atoms with Crippen LogP contribution in [0.5, 0.6) is 5.75 Å². The Balaban J connectivity index is 2.58. The van der Waals surface area contributed by atoms with Crippen LogP contribution in [-0.2, 0) is 4.79 Å². The maximum absolute atomic E-state index is 13.1. The summed E-state index contributed by atoms with van der Waals surface area (Å²) in [4.78, 5) is 11.4. The van der Waals surface area contributed by atoms with E-state index in [0.29, 0.717) is 18.0 Å². The molecule has 0 aliphatic rings. The largest absolute Gasteiger partial charge is 0.497 e. The molecule has 1 rings (SSSR count). The molecular formula is C12H15FN2O2. The third-order valence-electron chi connectivity index (χ3n) is 1.96. The number of ether oxygens (including phenoxy) is 1. The van der Waals surface area contributed by atoms with Gasteiger partial charge in [-0.05, 0) is 6.07 Å². The van der Waals surface area contributed by atoms with Gasteiger partial charge in [-0.2, -0.15) is 0 Å². The van der Waals surface area contributed by atoms with E-state index in [0.717, 1.165) is 0 Å². The van der Waals surface area contributed by atoms with E-state index >= 15 is 0 Å². The highest BCUT2D eigenvalue weighted by molar-refractivity contribution is 5.92. The van der Waals surface area contributed by atoms with Gasteiger partial charge in [-0.3, -0.25) is 4.79 Å². The van der Waals surface area contributed by atoms with Crippen LogP contribution >= 0.6 is 0 Å². The van der Waals surface area contributed by atoms with E-state index < -0.39 is 5.82 Å². The number of methoxy groups -OCH3 is 1. The van der Waals surface area contributed by atoms with Gasteiger partial charge in [0.1, 0.15) is 11.6 Å². The average molecular weight is 238 g/mol. The Morgan fingerprint density at radius 1 is 1.53 bits per heavy atom. The number of carbonyl (C=O) groups excluding carboxylic acids is 1. The zero-order valence-electron chi connectivity index (χ0n) is 9.63. The smallest absolute Gasteiger partial charge is 0.238 e. The topological polar surface area (TPSA) is 50.4 Å². The predicted octanol–water partition coefficient (Wildman–Crippen LogP) is 1.55. The molecular weight excluding hydrogens is 223 g/mol. The maximum atomic E-state index is 13.1. The molecule has 0 bridgehead atoms.